The van der Waals surface area contributed by atoms with Crippen LogP contribution in [0.3, 0.4) is 0 Å². The zero-order chi connectivity index (χ0) is 14.0. The summed E-state index contributed by atoms with van der Waals surface area (Å²) < 4.78 is 22.5. The predicted octanol–water partition coefficient (Wildman–Crippen LogP) is 0.280. The van der Waals surface area contributed by atoms with E-state index in [4.69, 9.17) is 10.9 Å². The summed E-state index contributed by atoms with van der Waals surface area (Å²) in [6.07, 6.45) is 1.17. The van der Waals surface area contributed by atoms with Crippen LogP contribution in [0.2, 0.25) is 0 Å². The maximum Gasteiger partial charge on any atom is 0.240 e. The van der Waals surface area contributed by atoms with Gasteiger partial charge >= 0.3 is 0 Å². The van der Waals surface area contributed by atoms with E-state index in [-0.39, 0.29) is 10.6 Å². The van der Waals surface area contributed by atoms with Crippen LogP contribution in [-0.2, 0) is 10.0 Å². The second kappa shape index (κ2) is 5.36. The van der Waals surface area contributed by atoms with Crippen LogP contribution in [0.5, 0.6) is 0 Å². The minimum absolute atomic E-state index is 0.0290. The maximum absolute atomic E-state index is 11.2. The van der Waals surface area contributed by atoms with Crippen molar-refractivity contribution in [2.24, 2.45) is 11.1 Å². The number of likely N-dealkylation sites (tertiary alicyclic amines) is 1. The fraction of sp³-hybridized carbons (Fsp3) is 0.500. The number of primary sulfonamides is 1. The molecule has 1 aromatic rings. The van der Waals surface area contributed by atoms with Crippen molar-refractivity contribution in [2.45, 2.75) is 11.3 Å². The molecule has 1 atom stereocenters. The van der Waals surface area contributed by atoms with Gasteiger partial charge in [-0.3, -0.25) is 0 Å². The molecule has 1 saturated heterocycles. The van der Waals surface area contributed by atoms with Crippen LogP contribution >= 0.6 is 0 Å². The largest absolute Gasteiger partial charge is 0.398 e. The lowest BCUT2D eigenvalue weighted by molar-refractivity contribution is 0.399. The Balaban J connectivity index is 2.01. The molecule has 2 rings (SSSR count). The number of benzene rings is 1. The fourth-order valence-electron chi connectivity index (χ4n) is 2.37. The van der Waals surface area contributed by atoms with Crippen LogP contribution in [0.25, 0.3) is 0 Å². The van der Waals surface area contributed by atoms with Gasteiger partial charge in [-0.2, -0.15) is 0 Å². The molecule has 0 aliphatic carbocycles. The summed E-state index contributed by atoms with van der Waals surface area (Å²) in [7, 11) is -1.64. The van der Waals surface area contributed by atoms with E-state index in [1.807, 2.05) is 0 Å². The summed E-state index contributed by atoms with van der Waals surface area (Å²) in [6.45, 7) is 3.06. The summed E-state index contributed by atoms with van der Waals surface area (Å²) in [4.78, 5) is 2.27. The van der Waals surface area contributed by atoms with Gasteiger partial charge in [0.25, 0.3) is 0 Å². The van der Waals surface area contributed by atoms with E-state index >= 15 is 0 Å². The number of nitrogen functional groups attached to an aromatic ring is 1. The third-order valence-electron chi connectivity index (χ3n) is 3.40. The minimum atomic E-state index is -3.75. The molecule has 0 aromatic heterocycles. The third-order valence-corrected chi connectivity index (χ3v) is 4.38. The molecular weight excluding hydrogens is 264 g/mol. The summed E-state index contributed by atoms with van der Waals surface area (Å²) >= 11 is 0. The number of anilines is 2. The van der Waals surface area contributed by atoms with Crippen molar-refractivity contribution < 1.29 is 8.42 Å². The summed E-state index contributed by atoms with van der Waals surface area (Å²) in [5, 5.41) is 8.35. The molecular formula is C12H20N4O2S. The van der Waals surface area contributed by atoms with Crippen molar-refractivity contribution in [1.29, 1.82) is 0 Å². The Labute approximate surface area is 113 Å². The molecule has 6 nitrogen and oxygen atoms in total. The Hall–Kier alpha value is -1.31. The number of sulfonamides is 1. The van der Waals surface area contributed by atoms with Crippen LogP contribution in [-0.4, -0.2) is 40.0 Å². The van der Waals surface area contributed by atoms with Gasteiger partial charge in [-0.05, 0) is 44.1 Å². The molecule has 19 heavy (non-hydrogen) atoms. The second-order valence-corrected chi connectivity index (χ2v) is 6.63. The van der Waals surface area contributed by atoms with Crippen LogP contribution in [0.15, 0.2) is 23.1 Å². The summed E-state index contributed by atoms with van der Waals surface area (Å²) in [5.41, 5.74) is 6.70. The van der Waals surface area contributed by atoms with E-state index in [0.717, 1.165) is 25.3 Å². The van der Waals surface area contributed by atoms with Gasteiger partial charge in [0.2, 0.25) is 10.0 Å². The molecule has 1 unspecified atom stereocenters. The molecule has 1 heterocycles. The average molecular weight is 284 g/mol. The van der Waals surface area contributed by atoms with E-state index in [0.29, 0.717) is 5.92 Å². The van der Waals surface area contributed by atoms with Gasteiger partial charge in [0, 0.05) is 18.8 Å². The molecule has 1 aliphatic rings. The van der Waals surface area contributed by atoms with Crippen molar-refractivity contribution in [3.8, 4) is 0 Å². The number of nitrogens with one attached hydrogen (secondary N) is 1. The molecule has 5 N–H and O–H groups in total. The maximum atomic E-state index is 11.2. The summed E-state index contributed by atoms with van der Waals surface area (Å²) in [6, 6.07) is 4.74. The topological polar surface area (TPSA) is 101 Å². The molecule has 1 aliphatic heterocycles. The molecule has 0 saturated carbocycles. The van der Waals surface area contributed by atoms with Crippen LogP contribution in [0, 0.1) is 5.92 Å². The van der Waals surface area contributed by atoms with Crippen molar-refractivity contribution in [2.75, 3.05) is 37.7 Å². The molecule has 0 amide bonds. The predicted molar refractivity (Wildman–Crippen MR) is 76.3 cm³/mol. The Morgan fingerprint density at radius 1 is 1.47 bits per heavy atom. The van der Waals surface area contributed by atoms with Gasteiger partial charge in [0.15, 0.2) is 0 Å². The first-order valence-corrected chi connectivity index (χ1v) is 7.75. The monoisotopic (exact) mass is 284 g/mol. The Morgan fingerprint density at radius 2 is 2.21 bits per heavy atom. The van der Waals surface area contributed by atoms with Crippen LogP contribution in [0.1, 0.15) is 6.42 Å². The molecule has 7 heteroatoms. The zero-order valence-electron chi connectivity index (χ0n) is 11.0. The molecule has 0 radical (unpaired) electrons. The first-order chi connectivity index (χ1) is 8.86. The first-order valence-electron chi connectivity index (χ1n) is 6.21. The molecule has 106 valence electrons. The Kier molecular flexibility index (Phi) is 3.98. The Bertz CT molecular complexity index is 559. The van der Waals surface area contributed by atoms with Gasteiger partial charge in [0.1, 0.15) is 4.90 Å². The zero-order valence-corrected chi connectivity index (χ0v) is 11.8. The smallest absolute Gasteiger partial charge is 0.240 e. The highest BCUT2D eigenvalue weighted by atomic mass is 32.2. The second-order valence-electron chi connectivity index (χ2n) is 5.10. The highest BCUT2D eigenvalue weighted by Gasteiger charge is 2.19. The van der Waals surface area contributed by atoms with E-state index in [1.54, 1.807) is 12.1 Å². The minimum Gasteiger partial charge on any atom is -0.398 e. The number of nitrogens with zero attached hydrogens (tertiary/aromatic N) is 1. The molecule has 0 bridgehead atoms. The number of nitrogens with two attached hydrogens (primary N) is 2. The van der Waals surface area contributed by atoms with E-state index in [1.165, 1.54) is 12.5 Å². The molecule has 1 aromatic carbocycles. The highest BCUT2D eigenvalue weighted by Crippen LogP contribution is 2.22. The lowest BCUT2D eigenvalue weighted by atomic mass is 10.1. The van der Waals surface area contributed by atoms with Crippen molar-refractivity contribution in [1.82, 2.24) is 4.90 Å². The van der Waals surface area contributed by atoms with Gasteiger partial charge in [-0.25, -0.2) is 13.6 Å². The fourth-order valence-corrected chi connectivity index (χ4v) is 3.02. The van der Waals surface area contributed by atoms with Gasteiger partial charge in [-0.15, -0.1) is 0 Å². The van der Waals surface area contributed by atoms with Crippen LogP contribution < -0.4 is 16.2 Å². The SMILES string of the molecule is CN1CCC(CNc2ccc(S(N)(=O)=O)c(N)c2)C1. The normalized spacial score (nSPS) is 20.6. The summed E-state index contributed by atoms with van der Waals surface area (Å²) in [5.74, 6) is 0.615. The highest BCUT2D eigenvalue weighted by molar-refractivity contribution is 7.89. The van der Waals surface area contributed by atoms with Gasteiger partial charge in [0.05, 0.1) is 5.69 Å². The van der Waals surface area contributed by atoms with Crippen molar-refractivity contribution >= 4 is 21.4 Å². The Morgan fingerprint density at radius 3 is 2.74 bits per heavy atom. The first kappa shape index (κ1) is 14.1. The quantitative estimate of drug-likeness (QED) is 0.689. The number of rotatable bonds is 4. The van der Waals surface area contributed by atoms with E-state index in [2.05, 4.69) is 17.3 Å². The number of hydrogen-bond acceptors (Lipinski definition) is 5. The lowest BCUT2D eigenvalue weighted by Crippen LogP contribution is -2.19. The van der Waals surface area contributed by atoms with E-state index in [9.17, 15) is 8.42 Å². The third kappa shape index (κ3) is 3.59. The number of hydrogen-bond donors (Lipinski definition) is 3. The average Bonchev–Trinajstić information content (AvgIpc) is 2.71. The molecule has 1 fully saturated rings. The van der Waals surface area contributed by atoms with Gasteiger partial charge in [-0.1, -0.05) is 0 Å². The molecule has 0 spiro atoms. The van der Waals surface area contributed by atoms with Crippen molar-refractivity contribution in [3.63, 3.8) is 0 Å². The van der Waals surface area contributed by atoms with Crippen LogP contribution in [0.4, 0.5) is 11.4 Å². The standard InChI is InChI=1S/C12H20N4O2S/c1-16-5-4-9(8-16)7-15-10-2-3-12(11(13)6-10)19(14,17)18/h2-3,6,9,15H,4-5,7-8,13H2,1H3,(H2,14,17,18). The van der Waals surface area contributed by atoms with E-state index < -0.39 is 10.0 Å². The van der Waals surface area contributed by atoms with Gasteiger partial charge < -0.3 is 16.0 Å². The van der Waals surface area contributed by atoms with Crippen molar-refractivity contribution in [3.05, 3.63) is 18.2 Å². The lowest BCUT2D eigenvalue weighted by Gasteiger charge is -2.13.